The maximum absolute atomic E-state index is 5.90. The molecule has 122 valence electrons. The van der Waals surface area contributed by atoms with Crippen molar-refractivity contribution in [2.75, 3.05) is 0 Å². The second-order valence-corrected chi connectivity index (χ2v) is 6.75. The van der Waals surface area contributed by atoms with Gasteiger partial charge in [-0.1, -0.05) is 35.5 Å². The lowest BCUT2D eigenvalue weighted by atomic mass is 9.93. The molecule has 1 aromatic heterocycles. The Hall–Kier alpha value is -2.03. The van der Waals surface area contributed by atoms with Gasteiger partial charge in [0.05, 0.1) is 11.7 Å². The quantitative estimate of drug-likeness (QED) is 0.602. The van der Waals surface area contributed by atoms with Crippen molar-refractivity contribution in [3.63, 3.8) is 0 Å². The van der Waals surface area contributed by atoms with Crippen molar-refractivity contribution >= 4 is 5.57 Å². The van der Waals surface area contributed by atoms with Crippen molar-refractivity contribution in [1.29, 1.82) is 0 Å². The van der Waals surface area contributed by atoms with Crippen LogP contribution in [0.2, 0.25) is 0 Å². The molecule has 0 radical (unpaired) electrons. The molecule has 0 spiro atoms. The van der Waals surface area contributed by atoms with Gasteiger partial charge in [-0.3, -0.25) is 0 Å². The first-order valence-electron chi connectivity index (χ1n) is 8.60. The third-order valence-corrected chi connectivity index (χ3v) is 4.78. The molecule has 1 unspecified atom stereocenters. The van der Waals surface area contributed by atoms with Gasteiger partial charge < -0.3 is 10.3 Å². The van der Waals surface area contributed by atoms with Gasteiger partial charge in [0.2, 0.25) is 0 Å². The molecule has 3 rings (SSSR count). The number of nitrogens with two attached hydrogens (primary N) is 1. The summed E-state index contributed by atoms with van der Waals surface area (Å²) < 4.78 is 2.39. The third-order valence-electron chi connectivity index (χ3n) is 4.78. The number of hydrogen-bond donors (Lipinski definition) is 1. The van der Waals surface area contributed by atoms with Gasteiger partial charge >= 0.3 is 0 Å². The van der Waals surface area contributed by atoms with E-state index in [1.807, 2.05) is 6.92 Å². The first-order chi connectivity index (χ1) is 11.1. The minimum Gasteiger partial charge on any atom is -0.404 e. The summed E-state index contributed by atoms with van der Waals surface area (Å²) >= 11 is 0. The van der Waals surface area contributed by atoms with Crippen LogP contribution in [0.15, 0.2) is 47.8 Å². The Morgan fingerprint density at radius 2 is 2.22 bits per heavy atom. The van der Waals surface area contributed by atoms with E-state index >= 15 is 0 Å². The van der Waals surface area contributed by atoms with Gasteiger partial charge in [0, 0.05) is 23.9 Å². The van der Waals surface area contributed by atoms with Crippen LogP contribution in [0, 0.1) is 0 Å². The molecule has 1 aromatic rings. The third kappa shape index (κ3) is 3.34. The van der Waals surface area contributed by atoms with Crippen LogP contribution in [0.25, 0.3) is 5.57 Å². The van der Waals surface area contributed by atoms with E-state index in [1.165, 1.54) is 29.8 Å². The molecule has 0 aromatic carbocycles. The summed E-state index contributed by atoms with van der Waals surface area (Å²) in [4.78, 5) is 4.94. The summed E-state index contributed by atoms with van der Waals surface area (Å²) in [6.45, 7) is 6.40. The molecule has 0 amide bonds. The van der Waals surface area contributed by atoms with Gasteiger partial charge in [-0.25, -0.2) is 4.98 Å². The molecule has 1 heterocycles. The molecule has 23 heavy (non-hydrogen) atoms. The van der Waals surface area contributed by atoms with Crippen molar-refractivity contribution in [2.45, 2.75) is 58.4 Å². The molecule has 0 bridgehead atoms. The van der Waals surface area contributed by atoms with Crippen LogP contribution in [-0.2, 0) is 0 Å². The predicted octanol–water partition coefficient (Wildman–Crippen LogP) is 4.86. The van der Waals surface area contributed by atoms with E-state index in [2.05, 4.69) is 48.9 Å². The number of imidazole rings is 1. The van der Waals surface area contributed by atoms with Crippen LogP contribution in [0.3, 0.4) is 0 Å². The van der Waals surface area contributed by atoms with E-state index in [0.29, 0.717) is 12.0 Å². The van der Waals surface area contributed by atoms with Crippen molar-refractivity contribution in [3.05, 3.63) is 59.4 Å². The van der Waals surface area contributed by atoms with Crippen molar-refractivity contribution in [3.8, 4) is 0 Å². The zero-order valence-electron chi connectivity index (χ0n) is 14.4. The van der Waals surface area contributed by atoms with Crippen molar-refractivity contribution in [1.82, 2.24) is 9.55 Å². The minimum absolute atomic E-state index is 0.499. The largest absolute Gasteiger partial charge is 0.404 e. The molecule has 1 atom stereocenters. The number of hydrogen-bond acceptors (Lipinski definition) is 2. The van der Waals surface area contributed by atoms with Gasteiger partial charge in [-0.2, -0.15) is 0 Å². The second-order valence-electron chi connectivity index (χ2n) is 6.75. The van der Waals surface area contributed by atoms with E-state index in [0.717, 1.165) is 24.1 Å². The smallest absolute Gasteiger partial charge is 0.113 e. The van der Waals surface area contributed by atoms with Crippen LogP contribution >= 0.6 is 0 Å². The fraction of sp³-hybridized carbons (Fsp3) is 0.450. The number of allylic oxidation sites excluding steroid dienone is 7. The van der Waals surface area contributed by atoms with Crippen LogP contribution in [0.4, 0.5) is 0 Å². The second kappa shape index (κ2) is 6.61. The highest BCUT2D eigenvalue weighted by Crippen LogP contribution is 2.43. The lowest BCUT2D eigenvalue weighted by molar-refractivity contribution is 0.510. The van der Waals surface area contributed by atoms with Crippen molar-refractivity contribution < 1.29 is 0 Å². The monoisotopic (exact) mass is 309 g/mol. The lowest BCUT2D eigenvalue weighted by Gasteiger charge is -2.27. The molecule has 2 N–H and O–H groups in total. The van der Waals surface area contributed by atoms with Gasteiger partial charge in [0.15, 0.2) is 0 Å². The van der Waals surface area contributed by atoms with E-state index in [1.54, 1.807) is 6.20 Å². The molecular formula is C20H27N3. The Balaban J connectivity index is 1.89. The number of rotatable bonds is 6. The Labute approximate surface area is 139 Å². The molecule has 2 aliphatic carbocycles. The topological polar surface area (TPSA) is 43.8 Å². The Kier molecular flexibility index (Phi) is 4.56. The van der Waals surface area contributed by atoms with Gasteiger partial charge in [-0.05, 0) is 46.5 Å². The average Bonchev–Trinajstić information content (AvgIpc) is 3.30. The zero-order chi connectivity index (χ0) is 16.4. The lowest BCUT2D eigenvalue weighted by Crippen LogP contribution is -2.17. The highest BCUT2D eigenvalue weighted by molar-refractivity contribution is 5.72. The summed E-state index contributed by atoms with van der Waals surface area (Å²) in [6, 6.07) is 0.499. The van der Waals surface area contributed by atoms with Crippen molar-refractivity contribution in [2.24, 2.45) is 5.73 Å². The predicted molar refractivity (Wildman–Crippen MR) is 97.0 cm³/mol. The van der Waals surface area contributed by atoms with Gasteiger partial charge in [-0.15, -0.1) is 0 Å². The first-order valence-corrected chi connectivity index (χ1v) is 8.60. The molecule has 3 nitrogen and oxygen atoms in total. The Bertz CT molecular complexity index is 696. The van der Waals surface area contributed by atoms with Crippen LogP contribution in [-0.4, -0.2) is 9.55 Å². The van der Waals surface area contributed by atoms with E-state index in [-0.39, 0.29) is 0 Å². The highest BCUT2D eigenvalue weighted by Gasteiger charge is 2.32. The first kappa shape index (κ1) is 15.9. The molecule has 1 saturated carbocycles. The molecule has 0 saturated heterocycles. The Morgan fingerprint density at radius 3 is 2.74 bits per heavy atom. The highest BCUT2D eigenvalue weighted by atomic mass is 15.1. The zero-order valence-corrected chi connectivity index (χ0v) is 14.4. The van der Waals surface area contributed by atoms with E-state index in [9.17, 15) is 0 Å². The standard InChI is InChI=1S/C20H27N3/c1-4-5-6-14(2)11-17(12-21)18-13-23(19-10-7-15(19)3)20(22-18)16-8-9-16/h4-5,7,11-13,16,19H,6,8-10,21H2,1-3H3/b5-4-,14-11-,17-12+. The van der Waals surface area contributed by atoms with Crippen LogP contribution in [0.1, 0.15) is 69.9 Å². The summed E-state index contributed by atoms with van der Waals surface area (Å²) in [5, 5.41) is 0. The average molecular weight is 309 g/mol. The summed E-state index contributed by atoms with van der Waals surface area (Å²) in [7, 11) is 0. The van der Waals surface area contributed by atoms with Crippen LogP contribution < -0.4 is 5.73 Å². The molecule has 3 heteroatoms. The maximum atomic E-state index is 5.90. The molecule has 0 aliphatic heterocycles. The van der Waals surface area contributed by atoms with Gasteiger partial charge in [0.1, 0.15) is 5.82 Å². The SMILES string of the molecule is C/C=C\C/C(C)=C\C(=C/N)c1cn(C2CC=C2C)c(C2CC2)n1. The fourth-order valence-electron chi connectivity index (χ4n) is 3.07. The summed E-state index contributed by atoms with van der Waals surface area (Å²) in [5.41, 5.74) is 10.7. The Morgan fingerprint density at radius 1 is 1.43 bits per heavy atom. The van der Waals surface area contributed by atoms with Gasteiger partial charge in [0.25, 0.3) is 0 Å². The maximum Gasteiger partial charge on any atom is 0.113 e. The van der Waals surface area contributed by atoms with Crippen LogP contribution in [0.5, 0.6) is 0 Å². The summed E-state index contributed by atoms with van der Waals surface area (Å²) in [5.74, 6) is 1.89. The van der Waals surface area contributed by atoms with E-state index < -0.39 is 0 Å². The molecule has 1 fully saturated rings. The fourth-order valence-corrected chi connectivity index (χ4v) is 3.07. The molecular weight excluding hydrogens is 282 g/mol. The number of nitrogens with zero attached hydrogens (tertiary/aromatic N) is 2. The minimum atomic E-state index is 0.499. The normalized spacial score (nSPS) is 22.4. The van der Waals surface area contributed by atoms with E-state index in [4.69, 9.17) is 10.7 Å². The molecule has 2 aliphatic rings. The number of aromatic nitrogens is 2. The summed E-state index contributed by atoms with van der Waals surface area (Å²) in [6.07, 6.45) is 17.2.